The number of hydrogen-bond donors (Lipinski definition) is 0. The van der Waals surface area contributed by atoms with Crippen LogP contribution in [0.15, 0.2) is 11.5 Å². The Hall–Kier alpha value is -0.275. The highest BCUT2D eigenvalue weighted by atomic mass is 16.6. The van der Waals surface area contributed by atoms with E-state index in [4.69, 9.17) is 9.31 Å². The smallest absolute Gasteiger partial charge is 0.407 e. The van der Waals surface area contributed by atoms with Gasteiger partial charge in [-0.25, -0.2) is 0 Å². The summed E-state index contributed by atoms with van der Waals surface area (Å²) >= 11 is 0. The Labute approximate surface area is 113 Å². The van der Waals surface area contributed by atoms with Gasteiger partial charge in [0.1, 0.15) is 0 Å². The maximum Gasteiger partial charge on any atom is 0.489 e. The van der Waals surface area contributed by atoms with Crippen molar-refractivity contribution in [3.8, 4) is 0 Å². The summed E-state index contributed by atoms with van der Waals surface area (Å²) in [7, 11) is -0.0449. The van der Waals surface area contributed by atoms with Gasteiger partial charge in [-0.2, -0.15) is 0 Å². The van der Waals surface area contributed by atoms with Crippen molar-refractivity contribution < 1.29 is 9.31 Å². The minimum absolute atomic E-state index is 0.0449. The second-order valence-corrected chi connectivity index (χ2v) is 5.16. The quantitative estimate of drug-likeness (QED) is 0.443. The Balaban J connectivity index is 2.35. The Morgan fingerprint density at radius 1 is 1.00 bits per heavy atom. The topological polar surface area (TPSA) is 18.5 Å². The van der Waals surface area contributed by atoms with Crippen LogP contribution < -0.4 is 0 Å². The monoisotopic (exact) mass is 252 g/mol. The highest BCUT2D eigenvalue weighted by Gasteiger charge is 2.25. The Morgan fingerprint density at radius 2 is 1.72 bits per heavy atom. The third kappa shape index (κ3) is 6.60. The predicted octanol–water partition coefficient (Wildman–Crippen LogP) is 4.54. The second kappa shape index (κ2) is 10.6. The van der Waals surface area contributed by atoms with Crippen molar-refractivity contribution in [1.29, 1.82) is 0 Å². The van der Waals surface area contributed by atoms with Crippen LogP contribution in [-0.2, 0) is 9.31 Å². The lowest BCUT2D eigenvalue weighted by Crippen LogP contribution is -2.32. The van der Waals surface area contributed by atoms with E-state index in [2.05, 4.69) is 19.9 Å². The zero-order valence-corrected chi connectivity index (χ0v) is 12.2. The molecule has 1 heterocycles. The lowest BCUT2D eigenvalue weighted by molar-refractivity contribution is 0.139. The van der Waals surface area contributed by atoms with Crippen molar-refractivity contribution in [2.45, 2.75) is 71.6 Å². The normalized spacial score (nSPS) is 17.2. The molecule has 1 saturated heterocycles. The van der Waals surface area contributed by atoms with Gasteiger partial charge in [0.05, 0.1) is 0 Å². The Morgan fingerprint density at radius 3 is 2.39 bits per heavy atom. The number of unbranched alkanes of at least 4 members (excludes halogenated alkanes) is 5. The fraction of sp³-hybridized carbons (Fsp3) is 0.867. The molecule has 1 rings (SSSR count). The first-order valence-corrected chi connectivity index (χ1v) is 7.80. The average Bonchev–Trinajstić information content (AvgIpc) is 2.43. The molecule has 104 valence electrons. The summed E-state index contributed by atoms with van der Waals surface area (Å²) in [5, 5.41) is 0. The van der Waals surface area contributed by atoms with Crippen molar-refractivity contribution in [1.82, 2.24) is 0 Å². The molecule has 1 fully saturated rings. The van der Waals surface area contributed by atoms with E-state index in [1.807, 2.05) is 0 Å². The Kier molecular flexibility index (Phi) is 9.32. The molecule has 0 amide bonds. The van der Waals surface area contributed by atoms with Crippen LogP contribution in [0.3, 0.4) is 0 Å². The van der Waals surface area contributed by atoms with Crippen LogP contribution in [0.1, 0.15) is 71.6 Å². The van der Waals surface area contributed by atoms with Gasteiger partial charge in [0.2, 0.25) is 0 Å². The summed E-state index contributed by atoms with van der Waals surface area (Å²) in [6.07, 6.45) is 13.5. The first kappa shape index (κ1) is 15.8. The van der Waals surface area contributed by atoms with Crippen molar-refractivity contribution >= 4 is 7.12 Å². The molecular formula is C15H29BO2. The van der Waals surface area contributed by atoms with Crippen LogP contribution in [0.4, 0.5) is 0 Å². The third-order valence-electron chi connectivity index (χ3n) is 3.41. The minimum Gasteiger partial charge on any atom is -0.407 e. The van der Waals surface area contributed by atoms with Crippen molar-refractivity contribution in [3.05, 3.63) is 11.5 Å². The van der Waals surface area contributed by atoms with Crippen LogP contribution in [0.2, 0.25) is 0 Å². The molecule has 0 unspecified atom stereocenters. The van der Waals surface area contributed by atoms with Gasteiger partial charge in [-0.15, -0.1) is 0 Å². The van der Waals surface area contributed by atoms with Crippen LogP contribution >= 0.6 is 0 Å². The molecule has 18 heavy (non-hydrogen) atoms. The standard InChI is InChI=1S/C15H29BO2/c1-3-5-7-8-9-12-15(11-6-4-2)16-17-13-10-14-18-16/h12H,3-11,13-14H2,1-2H3/b15-12+. The molecule has 0 aliphatic carbocycles. The maximum atomic E-state index is 5.72. The van der Waals surface area contributed by atoms with Crippen LogP contribution in [0, 0.1) is 0 Å². The molecule has 2 nitrogen and oxygen atoms in total. The van der Waals surface area contributed by atoms with E-state index in [0.717, 1.165) is 26.1 Å². The molecule has 0 N–H and O–H groups in total. The van der Waals surface area contributed by atoms with Crippen LogP contribution in [-0.4, -0.2) is 20.3 Å². The van der Waals surface area contributed by atoms with E-state index in [0.29, 0.717) is 0 Å². The number of allylic oxidation sites excluding steroid dienone is 2. The van der Waals surface area contributed by atoms with Crippen LogP contribution in [0.25, 0.3) is 0 Å². The first-order valence-electron chi connectivity index (χ1n) is 7.80. The van der Waals surface area contributed by atoms with E-state index >= 15 is 0 Å². The third-order valence-corrected chi connectivity index (χ3v) is 3.41. The largest absolute Gasteiger partial charge is 0.489 e. The summed E-state index contributed by atoms with van der Waals surface area (Å²) in [6.45, 7) is 6.20. The average molecular weight is 252 g/mol. The van der Waals surface area contributed by atoms with Gasteiger partial charge in [-0.3, -0.25) is 0 Å². The van der Waals surface area contributed by atoms with E-state index < -0.39 is 0 Å². The molecule has 0 radical (unpaired) electrons. The Bertz CT molecular complexity index is 223. The first-order chi connectivity index (χ1) is 8.88. The van der Waals surface area contributed by atoms with Gasteiger partial charge >= 0.3 is 7.12 Å². The van der Waals surface area contributed by atoms with Crippen molar-refractivity contribution in [2.24, 2.45) is 0 Å². The second-order valence-electron chi connectivity index (χ2n) is 5.16. The molecule has 0 aromatic carbocycles. The fourth-order valence-corrected chi connectivity index (χ4v) is 2.26. The van der Waals surface area contributed by atoms with Crippen LogP contribution in [0.5, 0.6) is 0 Å². The van der Waals surface area contributed by atoms with Crippen molar-refractivity contribution in [2.75, 3.05) is 13.2 Å². The van der Waals surface area contributed by atoms with Gasteiger partial charge in [0, 0.05) is 13.2 Å². The van der Waals surface area contributed by atoms with Crippen molar-refractivity contribution in [3.63, 3.8) is 0 Å². The van der Waals surface area contributed by atoms with Gasteiger partial charge in [0.25, 0.3) is 0 Å². The van der Waals surface area contributed by atoms with Gasteiger partial charge < -0.3 is 9.31 Å². The van der Waals surface area contributed by atoms with E-state index in [-0.39, 0.29) is 7.12 Å². The minimum atomic E-state index is -0.0449. The highest BCUT2D eigenvalue weighted by Crippen LogP contribution is 2.18. The number of rotatable bonds is 9. The lowest BCUT2D eigenvalue weighted by Gasteiger charge is -2.22. The molecule has 0 aromatic heterocycles. The zero-order chi connectivity index (χ0) is 13.1. The molecule has 0 aromatic rings. The summed E-state index contributed by atoms with van der Waals surface area (Å²) in [6, 6.07) is 0. The number of hydrogen-bond acceptors (Lipinski definition) is 2. The summed E-state index contributed by atoms with van der Waals surface area (Å²) in [4.78, 5) is 0. The molecular weight excluding hydrogens is 223 g/mol. The molecule has 0 atom stereocenters. The summed E-state index contributed by atoms with van der Waals surface area (Å²) in [5.41, 5.74) is 1.38. The molecule has 3 heteroatoms. The molecule has 0 bridgehead atoms. The van der Waals surface area contributed by atoms with E-state index in [9.17, 15) is 0 Å². The molecule has 0 spiro atoms. The van der Waals surface area contributed by atoms with Gasteiger partial charge in [-0.1, -0.05) is 52.0 Å². The predicted molar refractivity (Wildman–Crippen MR) is 78.6 cm³/mol. The molecule has 1 aliphatic heterocycles. The fourth-order valence-electron chi connectivity index (χ4n) is 2.26. The molecule has 1 aliphatic rings. The highest BCUT2D eigenvalue weighted by molar-refractivity contribution is 6.53. The van der Waals surface area contributed by atoms with Gasteiger partial charge in [-0.05, 0) is 31.2 Å². The SMILES string of the molecule is CCCCCC/C=C(\CCCC)B1OCCCO1. The van der Waals surface area contributed by atoms with E-state index in [1.165, 1.54) is 50.4 Å². The molecule has 0 saturated carbocycles. The van der Waals surface area contributed by atoms with Gasteiger partial charge in [0.15, 0.2) is 0 Å². The summed E-state index contributed by atoms with van der Waals surface area (Å²) in [5.74, 6) is 0. The maximum absolute atomic E-state index is 5.72. The summed E-state index contributed by atoms with van der Waals surface area (Å²) < 4.78 is 11.4. The zero-order valence-electron chi connectivity index (χ0n) is 12.2. The lowest BCUT2D eigenvalue weighted by atomic mass is 9.73. The van der Waals surface area contributed by atoms with E-state index in [1.54, 1.807) is 0 Å².